The summed E-state index contributed by atoms with van der Waals surface area (Å²) in [4.78, 5) is 33.5. The number of hydrogen-bond acceptors (Lipinski definition) is 6. The Morgan fingerprint density at radius 3 is 1.90 bits per heavy atom. The van der Waals surface area contributed by atoms with Crippen molar-refractivity contribution in [1.82, 2.24) is 19.9 Å². The molecular weight excluding hydrogens is 550 g/mol. The molecule has 0 fully saturated rings. The molecule has 0 saturated carbocycles. The lowest BCUT2D eigenvalue weighted by Crippen LogP contribution is -2.21. The van der Waals surface area contributed by atoms with Crippen LogP contribution in [0.4, 0.5) is 35.1 Å². The van der Waals surface area contributed by atoms with Crippen molar-refractivity contribution < 1.29 is 54.9 Å². The van der Waals surface area contributed by atoms with Crippen LogP contribution in [0.3, 0.4) is 0 Å². The molecule has 0 radical (unpaired) electrons. The van der Waals surface area contributed by atoms with Crippen LogP contribution in [0, 0.1) is 11.6 Å². The lowest BCUT2D eigenvalue weighted by Gasteiger charge is -2.10. The minimum atomic E-state index is -5.08. The van der Waals surface area contributed by atoms with Gasteiger partial charge in [-0.15, -0.1) is 0 Å². The molecule has 1 aromatic carbocycles. The first-order valence-electron chi connectivity index (χ1n) is 10.1. The number of nitrogens with one attached hydrogen (secondary N) is 1. The minimum absolute atomic E-state index is 0.162. The number of pyridine rings is 2. The Hall–Kier alpha value is -4.67. The molecule has 9 nitrogen and oxygen atoms in total. The molecule has 1 unspecified atom stereocenters. The van der Waals surface area contributed by atoms with E-state index >= 15 is 0 Å². The lowest BCUT2D eigenvalue weighted by atomic mass is 10.1. The standard InChI is InChI=1S/C18H13F2N5.2C2HF3O2/c19-12-1-2-13(14(20)8-12)16(21)18-24-15-7-11(9-23-17(15)25-18)10-3-5-22-6-4-10;2*3-2(4,5)1(6)7/h1-9,16H,21H2,(H,23,24,25);2*(H,6,7). The zero-order valence-corrected chi connectivity index (χ0v) is 18.9. The Kier molecular flexibility index (Phi) is 9.60. The van der Waals surface area contributed by atoms with Crippen molar-refractivity contribution in [2.24, 2.45) is 5.73 Å². The Bertz CT molecular complexity index is 1420. The molecular formula is C22H15F8N5O4. The van der Waals surface area contributed by atoms with E-state index in [0.29, 0.717) is 17.0 Å². The second-order valence-electron chi connectivity index (χ2n) is 7.20. The molecule has 1 atom stereocenters. The minimum Gasteiger partial charge on any atom is -0.475 e. The summed E-state index contributed by atoms with van der Waals surface area (Å²) in [5, 5.41) is 14.2. The van der Waals surface area contributed by atoms with Crippen molar-refractivity contribution >= 4 is 23.1 Å². The smallest absolute Gasteiger partial charge is 0.475 e. The highest BCUT2D eigenvalue weighted by atomic mass is 19.4. The molecule has 17 heteroatoms. The van der Waals surface area contributed by atoms with Crippen LogP contribution in [0.15, 0.2) is 55.0 Å². The van der Waals surface area contributed by atoms with E-state index < -0.39 is 42.0 Å². The van der Waals surface area contributed by atoms with Crippen molar-refractivity contribution in [3.63, 3.8) is 0 Å². The highest BCUT2D eigenvalue weighted by molar-refractivity contribution is 5.78. The number of aromatic nitrogens is 4. The Morgan fingerprint density at radius 2 is 1.41 bits per heavy atom. The number of imidazole rings is 1. The largest absolute Gasteiger partial charge is 0.490 e. The van der Waals surface area contributed by atoms with Crippen LogP contribution in [-0.2, 0) is 9.59 Å². The van der Waals surface area contributed by atoms with E-state index in [1.54, 1.807) is 18.6 Å². The molecule has 3 aromatic heterocycles. The summed E-state index contributed by atoms with van der Waals surface area (Å²) < 4.78 is 90.5. The van der Waals surface area contributed by atoms with Crippen LogP contribution in [0.25, 0.3) is 22.3 Å². The lowest BCUT2D eigenvalue weighted by molar-refractivity contribution is -0.193. The van der Waals surface area contributed by atoms with Gasteiger partial charge in [0.2, 0.25) is 0 Å². The summed E-state index contributed by atoms with van der Waals surface area (Å²) in [6.45, 7) is 0. The van der Waals surface area contributed by atoms with Gasteiger partial charge in [0.15, 0.2) is 5.65 Å². The van der Waals surface area contributed by atoms with Gasteiger partial charge in [0.05, 0.1) is 11.6 Å². The number of alkyl halides is 6. The summed E-state index contributed by atoms with van der Waals surface area (Å²) >= 11 is 0. The molecule has 39 heavy (non-hydrogen) atoms. The number of aliphatic carboxylic acids is 2. The van der Waals surface area contributed by atoms with E-state index in [1.807, 2.05) is 18.2 Å². The SMILES string of the molecule is NC(c1nc2ncc(-c3ccncc3)cc2[nH]1)c1ccc(F)cc1F.O=C(O)C(F)(F)F.O=C(O)C(F)(F)F. The fourth-order valence-corrected chi connectivity index (χ4v) is 2.67. The predicted molar refractivity (Wildman–Crippen MR) is 117 cm³/mol. The molecule has 0 bridgehead atoms. The fourth-order valence-electron chi connectivity index (χ4n) is 2.67. The summed E-state index contributed by atoms with van der Waals surface area (Å²) in [5.41, 5.74) is 9.27. The quantitative estimate of drug-likeness (QED) is 0.263. The fraction of sp³-hybridized carbons (Fsp3) is 0.136. The normalized spacial score (nSPS) is 12.0. The van der Waals surface area contributed by atoms with Gasteiger partial charge in [0, 0.05) is 35.8 Å². The van der Waals surface area contributed by atoms with Gasteiger partial charge in [0.1, 0.15) is 17.5 Å². The highest BCUT2D eigenvalue weighted by Crippen LogP contribution is 2.25. The van der Waals surface area contributed by atoms with Gasteiger partial charge in [-0.05, 0) is 29.8 Å². The van der Waals surface area contributed by atoms with E-state index in [9.17, 15) is 35.1 Å². The van der Waals surface area contributed by atoms with Crippen molar-refractivity contribution in [2.75, 3.05) is 0 Å². The van der Waals surface area contributed by atoms with E-state index in [-0.39, 0.29) is 5.56 Å². The molecule has 0 amide bonds. The first-order chi connectivity index (χ1) is 18.0. The van der Waals surface area contributed by atoms with Gasteiger partial charge in [0.25, 0.3) is 0 Å². The average Bonchev–Trinajstić information content (AvgIpc) is 3.27. The molecule has 4 aromatic rings. The van der Waals surface area contributed by atoms with E-state index in [2.05, 4.69) is 19.9 Å². The zero-order chi connectivity index (χ0) is 29.5. The number of nitrogens with zero attached hydrogens (tertiary/aromatic N) is 3. The second kappa shape index (κ2) is 12.2. The number of hydrogen-bond donors (Lipinski definition) is 4. The molecule has 4 rings (SSSR count). The molecule has 3 heterocycles. The van der Waals surface area contributed by atoms with Crippen LogP contribution in [0.5, 0.6) is 0 Å². The van der Waals surface area contributed by atoms with Gasteiger partial charge in [-0.1, -0.05) is 6.07 Å². The third-order valence-corrected chi connectivity index (χ3v) is 4.45. The first-order valence-corrected chi connectivity index (χ1v) is 10.1. The molecule has 5 N–H and O–H groups in total. The van der Waals surface area contributed by atoms with Crippen LogP contribution >= 0.6 is 0 Å². The van der Waals surface area contributed by atoms with E-state index in [0.717, 1.165) is 17.2 Å². The third kappa shape index (κ3) is 8.70. The highest BCUT2D eigenvalue weighted by Gasteiger charge is 2.38. The van der Waals surface area contributed by atoms with Crippen molar-refractivity contribution in [2.45, 2.75) is 18.4 Å². The summed E-state index contributed by atoms with van der Waals surface area (Å²) in [6.07, 6.45) is -5.07. The number of carbonyl (C=O) groups is 2. The van der Waals surface area contributed by atoms with Crippen molar-refractivity contribution in [3.8, 4) is 11.1 Å². The molecule has 0 aliphatic heterocycles. The number of carboxylic acid groups (broad SMARTS) is 2. The van der Waals surface area contributed by atoms with Crippen molar-refractivity contribution in [3.05, 3.63) is 78.0 Å². The second-order valence-corrected chi connectivity index (χ2v) is 7.20. The molecule has 0 aliphatic carbocycles. The average molecular weight is 565 g/mol. The topological polar surface area (TPSA) is 155 Å². The number of H-pyrrole nitrogens is 1. The summed E-state index contributed by atoms with van der Waals surface area (Å²) in [6, 6.07) is 8.08. The van der Waals surface area contributed by atoms with Crippen LogP contribution in [0.1, 0.15) is 17.4 Å². The number of nitrogens with two attached hydrogens (primary N) is 1. The van der Waals surface area contributed by atoms with Gasteiger partial charge >= 0.3 is 24.3 Å². The van der Waals surface area contributed by atoms with Gasteiger partial charge < -0.3 is 20.9 Å². The Morgan fingerprint density at radius 1 is 0.872 bits per heavy atom. The van der Waals surface area contributed by atoms with Gasteiger partial charge in [-0.3, -0.25) is 4.98 Å². The predicted octanol–water partition coefficient (Wildman–Crippen LogP) is 4.61. The van der Waals surface area contributed by atoms with Gasteiger partial charge in [-0.2, -0.15) is 26.3 Å². The van der Waals surface area contributed by atoms with E-state index in [4.69, 9.17) is 25.5 Å². The van der Waals surface area contributed by atoms with Crippen LogP contribution in [-0.4, -0.2) is 54.4 Å². The molecule has 0 aliphatic rings. The first kappa shape index (κ1) is 30.6. The molecule has 0 saturated heterocycles. The zero-order valence-electron chi connectivity index (χ0n) is 18.9. The maximum absolute atomic E-state index is 13.9. The van der Waals surface area contributed by atoms with Crippen LogP contribution in [0.2, 0.25) is 0 Å². The summed E-state index contributed by atoms with van der Waals surface area (Å²) in [7, 11) is 0. The van der Waals surface area contributed by atoms with E-state index in [1.165, 1.54) is 12.1 Å². The third-order valence-electron chi connectivity index (χ3n) is 4.45. The van der Waals surface area contributed by atoms with Crippen molar-refractivity contribution in [1.29, 1.82) is 0 Å². The number of aromatic amines is 1. The number of halogens is 8. The Labute approximate surface area is 212 Å². The number of carboxylic acids is 2. The summed E-state index contributed by atoms with van der Waals surface area (Å²) in [5.74, 6) is -6.51. The number of rotatable bonds is 3. The van der Waals surface area contributed by atoms with Gasteiger partial charge in [-0.25, -0.2) is 28.3 Å². The maximum Gasteiger partial charge on any atom is 0.490 e. The Balaban J connectivity index is 0.000000317. The molecule has 0 spiro atoms. The number of fused-ring (bicyclic) bond motifs is 1. The molecule has 208 valence electrons. The number of benzene rings is 1. The monoisotopic (exact) mass is 565 g/mol. The maximum atomic E-state index is 13.9. The van der Waals surface area contributed by atoms with Crippen LogP contribution < -0.4 is 5.73 Å².